The molecule has 0 radical (unpaired) electrons. The van der Waals surface area contributed by atoms with Crippen molar-refractivity contribution in [3.05, 3.63) is 59.1 Å². The number of hydrogen-bond acceptors (Lipinski definition) is 4. The number of ether oxygens (including phenoxy) is 1. The van der Waals surface area contributed by atoms with Crippen molar-refractivity contribution in [2.24, 2.45) is 0 Å². The molecule has 2 rings (SSSR count). The molecule has 0 bridgehead atoms. The molecular formula is C21H27ClN2O4S. The minimum atomic E-state index is -3.45. The van der Waals surface area contributed by atoms with Crippen LogP contribution in [-0.4, -0.2) is 33.2 Å². The first-order valence-electron chi connectivity index (χ1n) is 9.41. The number of carbonyl (C=O) groups is 1. The monoisotopic (exact) mass is 438 g/mol. The van der Waals surface area contributed by atoms with Crippen molar-refractivity contribution in [1.82, 2.24) is 5.32 Å². The lowest BCUT2D eigenvalue weighted by Gasteiger charge is -2.22. The van der Waals surface area contributed by atoms with E-state index < -0.39 is 10.0 Å². The van der Waals surface area contributed by atoms with Crippen LogP contribution in [0, 0.1) is 0 Å². The van der Waals surface area contributed by atoms with Gasteiger partial charge in [-0.3, -0.25) is 9.10 Å². The standard InChI is InChI=1S/C21H27ClN2O4S/c1-16(2)28-20-7-4-6-17(14-20)15-23-21(25)8-5-13-24(29(3,26)27)19-11-9-18(22)10-12-19/h4,6-7,9-12,14,16H,5,8,13,15H2,1-3H3,(H,23,25). The van der Waals surface area contributed by atoms with Gasteiger partial charge in [0.2, 0.25) is 15.9 Å². The molecule has 0 unspecified atom stereocenters. The third-order valence-electron chi connectivity index (χ3n) is 4.04. The molecule has 0 spiro atoms. The second-order valence-electron chi connectivity index (χ2n) is 7.01. The molecule has 1 N–H and O–H groups in total. The van der Waals surface area contributed by atoms with Gasteiger partial charge in [-0.1, -0.05) is 23.7 Å². The van der Waals surface area contributed by atoms with E-state index in [1.807, 2.05) is 38.1 Å². The highest BCUT2D eigenvalue weighted by Crippen LogP contribution is 2.21. The molecular weight excluding hydrogens is 412 g/mol. The first kappa shape index (κ1) is 23.0. The second-order valence-corrected chi connectivity index (χ2v) is 9.35. The summed E-state index contributed by atoms with van der Waals surface area (Å²) in [5, 5.41) is 3.39. The van der Waals surface area contributed by atoms with Crippen molar-refractivity contribution in [2.45, 2.75) is 39.3 Å². The highest BCUT2D eigenvalue weighted by molar-refractivity contribution is 7.92. The summed E-state index contributed by atoms with van der Waals surface area (Å²) in [6, 6.07) is 14.1. The van der Waals surface area contributed by atoms with E-state index in [0.717, 1.165) is 17.6 Å². The van der Waals surface area contributed by atoms with Crippen molar-refractivity contribution in [3.8, 4) is 5.75 Å². The molecule has 0 saturated heterocycles. The highest BCUT2D eigenvalue weighted by atomic mass is 35.5. The molecule has 1 amide bonds. The van der Waals surface area contributed by atoms with Crippen molar-refractivity contribution in [1.29, 1.82) is 0 Å². The summed E-state index contributed by atoms with van der Waals surface area (Å²) in [6.45, 7) is 4.52. The van der Waals surface area contributed by atoms with Crippen LogP contribution in [-0.2, 0) is 21.4 Å². The van der Waals surface area contributed by atoms with Crippen molar-refractivity contribution >= 4 is 33.2 Å². The van der Waals surface area contributed by atoms with E-state index in [-0.39, 0.29) is 25.0 Å². The van der Waals surface area contributed by atoms with Gasteiger partial charge in [0.15, 0.2) is 0 Å². The van der Waals surface area contributed by atoms with Gasteiger partial charge in [0.25, 0.3) is 0 Å². The van der Waals surface area contributed by atoms with Gasteiger partial charge in [-0.2, -0.15) is 0 Å². The highest BCUT2D eigenvalue weighted by Gasteiger charge is 2.17. The summed E-state index contributed by atoms with van der Waals surface area (Å²) in [6.07, 6.45) is 1.85. The van der Waals surface area contributed by atoms with Crippen LogP contribution in [0.4, 0.5) is 5.69 Å². The van der Waals surface area contributed by atoms with Crippen LogP contribution in [0.15, 0.2) is 48.5 Å². The van der Waals surface area contributed by atoms with Crippen LogP contribution in [0.1, 0.15) is 32.3 Å². The number of nitrogens with one attached hydrogen (secondary N) is 1. The fraction of sp³-hybridized carbons (Fsp3) is 0.381. The van der Waals surface area contributed by atoms with Gasteiger partial charge in [-0.15, -0.1) is 0 Å². The lowest BCUT2D eigenvalue weighted by molar-refractivity contribution is -0.121. The maximum absolute atomic E-state index is 12.2. The van der Waals surface area contributed by atoms with Gasteiger partial charge in [0.05, 0.1) is 18.0 Å². The summed E-state index contributed by atoms with van der Waals surface area (Å²) in [5.74, 6) is 0.628. The summed E-state index contributed by atoms with van der Waals surface area (Å²) in [7, 11) is -3.45. The lowest BCUT2D eigenvalue weighted by atomic mass is 10.2. The van der Waals surface area contributed by atoms with E-state index in [1.54, 1.807) is 24.3 Å². The second kappa shape index (κ2) is 10.5. The lowest BCUT2D eigenvalue weighted by Crippen LogP contribution is -2.32. The number of halogens is 1. The first-order chi connectivity index (χ1) is 13.6. The number of benzene rings is 2. The van der Waals surface area contributed by atoms with Crippen LogP contribution in [0.2, 0.25) is 5.02 Å². The van der Waals surface area contributed by atoms with Gasteiger partial charge in [-0.25, -0.2) is 8.42 Å². The van der Waals surface area contributed by atoms with E-state index in [9.17, 15) is 13.2 Å². The molecule has 0 saturated carbocycles. The summed E-state index contributed by atoms with van der Waals surface area (Å²) in [5.41, 5.74) is 1.47. The summed E-state index contributed by atoms with van der Waals surface area (Å²) >= 11 is 5.87. The van der Waals surface area contributed by atoms with Gasteiger partial charge in [-0.05, 0) is 62.2 Å². The Morgan fingerprint density at radius 3 is 2.48 bits per heavy atom. The average Bonchev–Trinajstić information content (AvgIpc) is 2.63. The SMILES string of the molecule is CC(C)Oc1cccc(CNC(=O)CCCN(c2ccc(Cl)cc2)S(C)(=O)=O)c1. The molecule has 0 fully saturated rings. The third kappa shape index (κ3) is 7.95. The molecule has 8 heteroatoms. The van der Waals surface area contributed by atoms with Crippen LogP contribution >= 0.6 is 11.6 Å². The maximum atomic E-state index is 12.2. The molecule has 0 atom stereocenters. The minimum absolute atomic E-state index is 0.0817. The zero-order valence-electron chi connectivity index (χ0n) is 16.9. The fourth-order valence-electron chi connectivity index (χ4n) is 2.77. The van der Waals surface area contributed by atoms with Crippen LogP contribution < -0.4 is 14.4 Å². The summed E-state index contributed by atoms with van der Waals surface area (Å²) < 4.78 is 31.1. The van der Waals surface area contributed by atoms with Crippen LogP contribution in [0.5, 0.6) is 5.75 Å². The molecule has 0 aliphatic heterocycles. The Labute approximate surface area is 177 Å². The Bertz CT molecular complexity index is 915. The van der Waals surface area contributed by atoms with E-state index in [4.69, 9.17) is 16.3 Å². The molecule has 29 heavy (non-hydrogen) atoms. The van der Waals surface area contributed by atoms with Crippen molar-refractivity contribution in [3.63, 3.8) is 0 Å². The Kier molecular flexibility index (Phi) is 8.34. The third-order valence-corrected chi connectivity index (χ3v) is 5.49. The number of sulfonamides is 1. The predicted molar refractivity (Wildman–Crippen MR) is 117 cm³/mol. The van der Waals surface area contributed by atoms with Crippen molar-refractivity contribution < 1.29 is 17.9 Å². The van der Waals surface area contributed by atoms with E-state index in [2.05, 4.69) is 5.32 Å². The maximum Gasteiger partial charge on any atom is 0.232 e. The van der Waals surface area contributed by atoms with Gasteiger partial charge in [0, 0.05) is 24.5 Å². The van der Waals surface area contributed by atoms with Gasteiger partial charge in [0.1, 0.15) is 5.75 Å². The quantitative estimate of drug-likeness (QED) is 0.608. The molecule has 0 heterocycles. The summed E-state index contributed by atoms with van der Waals surface area (Å²) in [4.78, 5) is 12.2. The van der Waals surface area contributed by atoms with Crippen LogP contribution in [0.3, 0.4) is 0 Å². The Hall–Kier alpha value is -2.25. The molecule has 0 aliphatic rings. The molecule has 0 aliphatic carbocycles. The minimum Gasteiger partial charge on any atom is -0.491 e. The van der Waals surface area contributed by atoms with E-state index in [1.165, 1.54) is 4.31 Å². The smallest absolute Gasteiger partial charge is 0.232 e. The normalized spacial score (nSPS) is 11.3. The van der Waals surface area contributed by atoms with Crippen LogP contribution in [0.25, 0.3) is 0 Å². The molecule has 158 valence electrons. The number of amides is 1. The van der Waals surface area contributed by atoms with E-state index >= 15 is 0 Å². The average molecular weight is 439 g/mol. The van der Waals surface area contributed by atoms with Gasteiger partial charge < -0.3 is 10.1 Å². The van der Waals surface area contributed by atoms with Crippen molar-refractivity contribution in [2.75, 3.05) is 17.1 Å². The molecule has 2 aromatic rings. The van der Waals surface area contributed by atoms with Gasteiger partial charge >= 0.3 is 0 Å². The van der Waals surface area contributed by atoms with E-state index in [0.29, 0.717) is 23.7 Å². The number of carbonyl (C=O) groups excluding carboxylic acids is 1. The Morgan fingerprint density at radius 2 is 1.86 bits per heavy atom. The first-order valence-corrected chi connectivity index (χ1v) is 11.6. The molecule has 6 nitrogen and oxygen atoms in total. The predicted octanol–water partition coefficient (Wildman–Crippen LogP) is 3.99. The zero-order valence-corrected chi connectivity index (χ0v) is 18.5. The fourth-order valence-corrected chi connectivity index (χ4v) is 3.86. The Morgan fingerprint density at radius 1 is 1.17 bits per heavy atom. The number of rotatable bonds is 10. The number of hydrogen-bond donors (Lipinski definition) is 1. The molecule has 0 aromatic heterocycles. The number of nitrogens with zero attached hydrogens (tertiary/aromatic N) is 1. The largest absolute Gasteiger partial charge is 0.491 e. The molecule has 2 aromatic carbocycles. The topological polar surface area (TPSA) is 75.7 Å². The zero-order chi connectivity index (χ0) is 21.4. The number of anilines is 1. The Balaban J connectivity index is 1.85.